The van der Waals surface area contributed by atoms with Gasteiger partial charge in [0.15, 0.2) is 0 Å². The Balaban J connectivity index is 1.56. The van der Waals surface area contributed by atoms with E-state index in [-0.39, 0.29) is 32.5 Å². The fourth-order valence-electron chi connectivity index (χ4n) is 9.29. The summed E-state index contributed by atoms with van der Waals surface area (Å²) in [4.78, 5) is 0. The molecule has 0 heterocycles. The summed E-state index contributed by atoms with van der Waals surface area (Å²) >= 11 is 0. The lowest BCUT2D eigenvalue weighted by Crippen LogP contribution is -2.13. The molecule has 0 heteroatoms. The maximum absolute atomic E-state index is 3.83. The van der Waals surface area contributed by atoms with Crippen LogP contribution in [0.25, 0.3) is 32.3 Å². The van der Waals surface area contributed by atoms with Crippen LogP contribution in [0.1, 0.15) is 203 Å². The quantitative estimate of drug-likeness (QED) is 0.105. The van der Waals surface area contributed by atoms with Gasteiger partial charge in [-0.05, 0) is 139 Å². The predicted octanol–water partition coefficient (Wildman–Crippen LogP) is 18.0. The molecule has 0 saturated heterocycles. The van der Waals surface area contributed by atoms with E-state index in [1.165, 1.54) is 33.4 Å². The zero-order valence-corrected chi connectivity index (χ0v) is 46.5. The Labute approximate surface area is 433 Å². The molecule has 0 aliphatic heterocycles. The lowest BCUT2D eigenvalue weighted by atomic mass is 9.76. The molecule has 8 aromatic rings. The first-order valence-corrected chi connectivity index (χ1v) is 25.8. The lowest BCUT2D eigenvalue weighted by molar-refractivity contribution is 0.590. The van der Waals surface area contributed by atoms with Gasteiger partial charge in [-0.3, -0.25) is 0 Å². The van der Waals surface area contributed by atoms with Gasteiger partial charge in [-0.2, -0.15) is 0 Å². The fourth-order valence-corrected chi connectivity index (χ4v) is 9.29. The zero-order valence-electron chi connectivity index (χ0n) is 46.5. The molecular weight excluding hydrogens is 865 g/mol. The van der Waals surface area contributed by atoms with E-state index in [0.717, 1.165) is 76.8 Å². The maximum atomic E-state index is 3.83. The minimum absolute atomic E-state index is 0.0362. The highest BCUT2D eigenvalue weighted by molar-refractivity contribution is 6.29. The van der Waals surface area contributed by atoms with Crippen LogP contribution in [-0.4, -0.2) is 0 Å². The standard InChI is InChI=1S/C72H74/c1-67(2,3)51-31-19-47(20-32-51)27-39-57-58(40-28-48-21-33-52(34-22-48)68(4,5)6)62-44-56(72(16,17)18)46-64-60(42-30-50-25-37-54(38-26-50)70(10,11)12)59(41-29-49-23-35-53(36-24-49)69(7,8)9)63-45-55(71(13,14)15)43-61(57)65(63)66(62)64/h19-26,31-38,43-46H,1-18H3. The minimum atomic E-state index is -0.202. The molecule has 0 bridgehead atoms. The van der Waals surface area contributed by atoms with Crippen molar-refractivity contribution in [3.8, 4) is 47.4 Å². The monoisotopic (exact) mass is 939 g/mol. The van der Waals surface area contributed by atoms with Crippen LogP contribution in [0, 0.1) is 47.4 Å². The van der Waals surface area contributed by atoms with E-state index in [1.807, 2.05) is 0 Å². The first-order chi connectivity index (χ1) is 33.5. The molecule has 0 aliphatic rings. The molecule has 362 valence electrons. The van der Waals surface area contributed by atoms with E-state index in [4.69, 9.17) is 0 Å². The van der Waals surface area contributed by atoms with Crippen LogP contribution in [0.15, 0.2) is 121 Å². The SMILES string of the molecule is CC(C)(C)c1ccc(C#Cc2c(C#Cc3ccc(C(C)(C)C)cc3)c3cc(C(C)(C)C)cc4c(C#Cc5ccc(C(C)(C)C)cc5)c(C#Cc5ccc(C(C)(C)C)cc5)c5cc(C(C)(C)C)cc2c5c34)cc1. The largest absolute Gasteiger partial charge is 0.0616 e. The molecule has 0 nitrogen and oxygen atoms in total. The van der Waals surface area contributed by atoms with Crippen molar-refractivity contribution < 1.29 is 0 Å². The van der Waals surface area contributed by atoms with Crippen LogP contribution in [0.3, 0.4) is 0 Å². The van der Waals surface area contributed by atoms with Crippen molar-refractivity contribution in [2.45, 2.75) is 157 Å². The van der Waals surface area contributed by atoms with E-state index >= 15 is 0 Å². The van der Waals surface area contributed by atoms with Gasteiger partial charge in [0, 0.05) is 76.8 Å². The third-order valence-electron chi connectivity index (χ3n) is 14.2. The van der Waals surface area contributed by atoms with Gasteiger partial charge in [0.2, 0.25) is 0 Å². The molecule has 0 amide bonds. The highest BCUT2D eigenvalue weighted by Gasteiger charge is 2.27. The summed E-state index contributed by atoms with van der Waals surface area (Å²) in [6, 6.07) is 44.6. The van der Waals surface area contributed by atoms with E-state index in [1.54, 1.807) is 0 Å². The van der Waals surface area contributed by atoms with Gasteiger partial charge < -0.3 is 0 Å². The average Bonchev–Trinajstić information content (AvgIpc) is 3.29. The van der Waals surface area contributed by atoms with Crippen LogP contribution >= 0.6 is 0 Å². The van der Waals surface area contributed by atoms with E-state index in [2.05, 4.69) is 293 Å². The molecule has 0 saturated carbocycles. The Bertz CT molecular complexity index is 3140. The van der Waals surface area contributed by atoms with Gasteiger partial charge in [0.1, 0.15) is 0 Å². The molecule has 8 aromatic carbocycles. The summed E-state index contributed by atoms with van der Waals surface area (Å²) in [6.45, 7) is 40.8. The fraction of sp³-hybridized carbons (Fsp3) is 0.333. The van der Waals surface area contributed by atoms with Gasteiger partial charge in [0.25, 0.3) is 0 Å². The van der Waals surface area contributed by atoms with Crippen molar-refractivity contribution in [2.75, 3.05) is 0 Å². The van der Waals surface area contributed by atoms with Crippen LogP contribution in [-0.2, 0) is 32.5 Å². The van der Waals surface area contributed by atoms with Crippen LogP contribution in [0.4, 0.5) is 0 Å². The first-order valence-electron chi connectivity index (χ1n) is 25.8. The molecular formula is C72H74. The van der Waals surface area contributed by atoms with Gasteiger partial charge in [-0.1, -0.05) is 221 Å². The van der Waals surface area contributed by atoms with Gasteiger partial charge in [-0.15, -0.1) is 0 Å². The van der Waals surface area contributed by atoms with E-state index in [0.29, 0.717) is 0 Å². The Morgan fingerprint density at radius 1 is 0.208 bits per heavy atom. The summed E-state index contributed by atoms with van der Waals surface area (Å²) in [5.41, 5.74) is 14.8. The van der Waals surface area contributed by atoms with Crippen molar-refractivity contribution in [1.82, 2.24) is 0 Å². The molecule has 0 radical (unpaired) electrons. The lowest BCUT2D eigenvalue weighted by Gasteiger charge is -2.26. The number of rotatable bonds is 0. The summed E-state index contributed by atoms with van der Waals surface area (Å²) in [7, 11) is 0. The predicted molar refractivity (Wildman–Crippen MR) is 312 cm³/mol. The molecule has 0 aromatic heterocycles. The highest BCUT2D eigenvalue weighted by atomic mass is 14.3. The Kier molecular flexibility index (Phi) is 13.3. The normalized spacial score (nSPS) is 12.4. The van der Waals surface area contributed by atoms with E-state index in [9.17, 15) is 0 Å². The molecule has 72 heavy (non-hydrogen) atoms. The van der Waals surface area contributed by atoms with Crippen LogP contribution < -0.4 is 0 Å². The Hall–Kier alpha value is -6.96. The molecule has 0 atom stereocenters. The van der Waals surface area contributed by atoms with Crippen molar-refractivity contribution in [1.29, 1.82) is 0 Å². The minimum Gasteiger partial charge on any atom is -0.0616 e. The zero-order chi connectivity index (χ0) is 52.3. The molecule has 8 rings (SSSR count). The van der Waals surface area contributed by atoms with Crippen LogP contribution in [0.2, 0.25) is 0 Å². The number of hydrogen-bond donors (Lipinski definition) is 0. The first kappa shape index (κ1) is 51.4. The number of hydrogen-bond acceptors (Lipinski definition) is 0. The summed E-state index contributed by atoms with van der Waals surface area (Å²) in [5.74, 6) is 30.0. The molecule has 0 spiro atoms. The average molecular weight is 939 g/mol. The van der Waals surface area contributed by atoms with E-state index < -0.39 is 0 Å². The molecule has 0 aliphatic carbocycles. The van der Waals surface area contributed by atoms with Gasteiger partial charge >= 0.3 is 0 Å². The second-order valence-electron chi connectivity index (χ2n) is 26.2. The molecule has 0 unspecified atom stereocenters. The van der Waals surface area contributed by atoms with Crippen molar-refractivity contribution in [3.05, 3.63) is 199 Å². The third-order valence-corrected chi connectivity index (χ3v) is 14.2. The topological polar surface area (TPSA) is 0 Å². The second-order valence-corrected chi connectivity index (χ2v) is 26.2. The third kappa shape index (κ3) is 10.9. The van der Waals surface area contributed by atoms with Crippen molar-refractivity contribution in [2.24, 2.45) is 0 Å². The highest BCUT2D eigenvalue weighted by Crippen LogP contribution is 2.46. The smallest absolute Gasteiger partial charge is 0.0491 e. The molecule has 0 fully saturated rings. The maximum Gasteiger partial charge on any atom is 0.0491 e. The number of benzene rings is 8. The Morgan fingerprint density at radius 2 is 0.375 bits per heavy atom. The summed E-state index contributed by atoms with van der Waals surface area (Å²) in [6.07, 6.45) is 0. The van der Waals surface area contributed by atoms with Crippen molar-refractivity contribution >= 4 is 32.3 Å². The Morgan fingerprint density at radius 3 is 0.528 bits per heavy atom. The molecule has 0 N–H and O–H groups in total. The van der Waals surface area contributed by atoms with Crippen LogP contribution in [0.5, 0.6) is 0 Å². The summed E-state index contributed by atoms with van der Waals surface area (Å²) < 4.78 is 0. The van der Waals surface area contributed by atoms with Gasteiger partial charge in [0.05, 0.1) is 0 Å². The second kappa shape index (κ2) is 18.6. The van der Waals surface area contributed by atoms with Gasteiger partial charge in [-0.25, -0.2) is 0 Å². The summed E-state index contributed by atoms with van der Waals surface area (Å²) in [5, 5.41) is 6.62. The van der Waals surface area contributed by atoms with Crippen molar-refractivity contribution in [3.63, 3.8) is 0 Å².